The van der Waals surface area contributed by atoms with Crippen molar-refractivity contribution < 1.29 is 49.1 Å². The maximum Gasteiger partial charge on any atom is 0.417 e. The number of nitrogens with one attached hydrogen (secondary N) is 1. The summed E-state index contributed by atoms with van der Waals surface area (Å²) >= 11 is 0. The largest absolute Gasteiger partial charge is 0.511 e. The average Bonchev–Trinajstić information content (AvgIpc) is 2.92. The van der Waals surface area contributed by atoms with Crippen molar-refractivity contribution in [1.82, 2.24) is 0 Å². The highest BCUT2D eigenvalue weighted by atomic mass is 16.6. The van der Waals surface area contributed by atoms with Crippen molar-refractivity contribution in [2.45, 2.75) is 25.0 Å². The number of aliphatic hydroxyl groups is 3. The molecule has 0 saturated carbocycles. The van der Waals surface area contributed by atoms with Crippen LogP contribution < -0.4 is 26.3 Å². The third-order valence-electron chi connectivity index (χ3n) is 8.03. The second kappa shape index (κ2) is 9.94. The Kier molecular flexibility index (Phi) is 6.71. The molecule has 41 heavy (non-hydrogen) atoms. The summed E-state index contributed by atoms with van der Waals surface area (Å²) in [6.07, 6.45) is -2.47. The molecule has 0 bridgehead atoms. The summed E-state index contributed by atoms with van der Waals surface area (Å²) in [5, 5.41) is 46.5. The number of anilines is 1. The van der Waals surface area contributed by atoms with E-state index in [4.69, 9.17) is 20.9 Å². The molecule has 0 fully saturated rings. The predicted octanol–water partition coefficient (Wildman–Crippen LogP) is 1.55. The first-order valence-electron chi connectivity index (χ1n) is 12.6. The predicted molar refractivity (Wildman–Crippen MR) is 141 cm³/mol. The minimum atomic E-state index is -1.63. The maximum absolute atomic E-state index is 13.8. The summed E-state index contributed by atoms with van der Waals surface area (Å²) in [4.78, 5) is 51.3. The summed E-state index contributed by atoms with van der Waals surface area (Å²) in [6, 6.07) is 7.53. The molecular formula is C28H27N3O10. The Morgan fingerprint density at radius 2 is 1.61 bits per heavy atom. The number of phenols is 1. The van der Waals surface area contributed by atoms with Gasteiger partial charge in [0.2, 0.25) is 0 Å². The van der Waals surface area contributed by atoms with E-state index < -0.39 is 82.2 Å². The van der Waals surface area contributed by atoms with E-state index in [9.17, 15) is 39.6 Å². The number of carbonyl (C=O) groups excluding carboxylic acids is 4. The molecule has 0 spiro atoms. The number of rotatable bonds is 4. The SMILES string of the molecule is COc1ccc(OC(=O)Nc2ccc3c(c2O)C(=O)C2=C(O)C4C(=O)C(C(N)=O)=C(O)[C@@H](N)C4[C@@H](O)C2[C@H]3C)cc1. The molecule has 0 saturated heterocycles. The van der Waals surface area contributed by atoms with E-state index in [-0.39, 0.29) is 22.6 Å². The molecule has 0 radical (unpaired) electrons. The summed E-state index contributed by atoms with van der Waals surface area (Å²) in [7, 11) is 1.48. The quantitative estimate of drug-likeness (QED) is 0.208. The van der Waals surface area contributed by atoms with Crippen molar-refractivity contribution in [1.29, 1.82) is 0 Å². The van der Waals surface area contributed by atoms with Crippen LogP contribution in [-0.4, -0.2) is 63.2 Å². The van der Waals surface area contributed by atoms with Gasteiger partial charge in [0.1, 0.15) is 28.6 Å². The number of fused-ring (bicyclic) bond motifs is 3. The first-order valence-corrected chi connectivity index (χ1v) is 12.6. The molecule has 0 heterocycles. The number of amides is 2. The van der Waals surface area contributed by atoms with Crippen LogP contribution in [0.3, 0.4) is 0 Å². The summed E-state index contributed by atoms with van der Waals surface area (Å²) < 4.78 is 10.3. The molecule has 0 aliphatic heterocycles. The molecule has 3 aliphatic carbocycles. The molecule has 5 rings (SSSR count). The molecule has 214 valence electrons. The normalized spacial score (nSPS) is 27.0. The Morgan fingerprint density at radius 1 is 0.976 bits per heavy atom. The van der Waals surface area contributed by atoms with Gasteiger partial charge in [-0.2, -0.15) is 0 Å². The van der Waals surface area contributed by atoms with Crippen molar-refractivity contribution in [2.75, 3.05) is 12.4 Å². The number of ketones is 2. The Bertz CT molecular complexity index is 1560. The van der Waals surface area contributed by atoms with Gasteiger partial charge in [-0.3, -0.25) is 19.7 Å². The van der Waals surface area contributed by atoms with Crippen LogP contribution in [0.4, 0.5) is 10.5 Å². The van der Waals surface area contributed by atoms with Crippen LogP contribution in [0.1, 0.15) is 28.8 Å². The van der Waals surface area contributed by atoms with Gasteiger partial charge < -0.3 is 41.4 Å². The van der Waals surface area contributed by atoms with Crippen molar-refractivity contribution in [3.8, 4) is 17.2 Å². The number of Topliss-reactive ketones (excluding diaryl/α,β-unsaturated/α-hetero) is 2. The fourth-order valence-electron chi connectivity index (χ4n) is 6.08. The van der Waals surface area contributed by atoms with Gasteiger partial charge in [-0.1, -0.05) is 13.0 Å². The first-order chi connectivity index (χ1) is 19.4. The number of aliphatic hydroxyl groups excluding tert-OH is 3. The zero-order valence-corrected chi connectivity index (χ0v) is 21.8. The molecule has 0 aromatic heterocycles. The van der Waals surface area contributed by atoms with Crippen LogP contribution in [0.15, 0.2) is 59.1 Å². The minimum Gasteiger partial charge on any atom is -0.511 e. The molecule has 9 N–H and O–H groups in total. The van der Waals surface area contributed by atoms with Crippen LogP contribution in [0, 0.1) is 17.8 Å². The number of primary amides is 1. The highest BCUT2D eigenvalue weighted by molar-refractivity contribution is 6.22. The van der Waals surface area contributed by atoms with E-state index in [1.807, 2.05) is 0 Å². The van der Waals surface area contributed by atoms with Crippen molar-refractivity contribution >= 4 is 29.3 Å². The Labute approximate surface area is 232 Å². The number of ether oxygens (including phenoxy) is 2. The van der Waals surface area contributed by atoms with E-state index in [0.717, 1.165) is 0 Å². The van der Waals surface area contributed by atoms with Crippen molar-refractivity contribution in [3.63, 3.8) is 0 Å². The second-order valence-electron chi connectivity index (χ2n) is 10.1. The maximum atomic E-state index is 13.8. The van der Waals surface area contributed by atoms with Crippen LogP contribution in [-0.2, 0) is 9.59 Å². The summed E-state index contributed by atoms with van der Waals surface area (Å²) in [5.41, 5.74) is 10.0. The summed E-state index contributed by atoms with van der Waals surface area (Å²) in [5.74, 6) is -9.38. The fourth-order valence-corrected chi connectivity index (χ4v) is 6.08. The molecule has 3 aliphatic rings. The lowest BCUT2D eigenvalue weighted by Crippen LogP contribution is -2.58. The van der Waals surface area contributed by atoms with E-state index in [1.165, 1.54) is 31.4 Å². The monoisotopic (exact) mass is 565 g/mol. The third-order valence-corrected chi connectivity index (χ3v) is 8.03. The molecular weight excluding hydrogens is 538 g/mol. The van der Waals surface area contributed by atoms with Gasteiger partial charge in [-0.25, -0.2) is 4.79 Å². The highest BCUT2D eigenvalue weighted by Gasteiger charge is 2.58. The van der Waals surface area contributed by atoms with Crippen molar-refractivity contribution in [3.05, 3.63) is 70.2 Å². The standard InChI is InChI=1S/C28H27N3O10/c1-9-12-7-8-13(31-28(39)41-11-5-3-10(40-2)4-6-11)21(32)15(12)23(34)17-14(9)22(33)16-18(24(17)35)25(36)19(27(30)38)26(37)20(16)29/h3-9,14,16,18,20,22,32-33,35,37H,29H2,1-2H3,(H2,30,38)(H,31,39)/t9-,14?,16?,18?,20-,22-/m0/s1. The lowest BCUT2D eigenvalue weighted by atomic mass is 9.57. The lowest BCUT2D eigenvalue weighted by molar-refractivity contribution is -0.129. The molecule has 3 unspecified atom stereocenters. The van der Waals surface area contributed by atoms with Crippen LogP contribution in [0.5, 0.6) is 17.2 Å². The smallest absolute Gasteiger partial charge is 0.417 e. The fraction of sp³-hybridized carbons (Fsp3) is 0.286. The Hall–Kier alpha value is -4.88. The average molecular weight is 566 g/mol. The Balaban J connectivity index is 1.52. The highest BCUT2D eigenvalue weighted by Crippen LogP contribution is 2.53. The number of methoxy groups -OCH3 is 1. The van der Waals surface area contributed by atoms with Crippen LogP contribution in [0.2, 0.25) is 0 Å². The molecule has 13 heteroatoms. The molecule has 2 aromatic carbocycles. The molecule has 2 amide bonds. The van der Waals surface area contributed by atoms with Gasteiger partial charge in [0, 0.05) is 17.4 Å². The van der Waals surface area contributed by atoms with Crippen LogP contribution >= 0.6 is 0 Å². The minimum absolute atomic E-state index is 0.171. The summed E-state index contributed by atoms with van der Waals surface area (Å²) in [6.45, 7) is 1.64. The number of allylic oxidation sites excluding steroid dienone is 1. The first kappa shape index (κ1) is 27.7. The number of phenolic OH excluding ortho intramolecular Hbond substituents is 1. The van der Waals surface area contributed by atoms with Gasteiger partial charge in [0.15, 0.2) is 17.3 Å². The number of benzene rings is 2. The van der Waals surface area contributed by atoms with Gasteiger partial charge in [-0.05, 0) is 41.8 Å². The van der Waals surface area contributed by atoms with Gasteiger partial charge in [0.05, 0.1) is 36.4 Å². The van der Waals surface area contributed by atoms with E-state index in [0.29, 0.717) is 11.3 Å². The number of aromatic hydroxyl groups is 1. The zero-order valence-electron chi connectivity index (χ0n) is 21.8. The molecule has 13 nitrogen and oxygen atoms in total. The number of hydrogen-bond acceptors (Lipinski definition) is 11. The second-order valence-corrected chi connectivity index (χ2v) is 10.1. The van der Waals surface area contributed by atoms with Gasteiger partial charge in [0.25, 0.3) is 5.91 Å². The van der Waals surface area contributed by atoms with Gasteiger partial charge >= 0.3 is 6.09 Å². The van der Waals surface area contributed by atoms with E-state index in [1.54, 1.807) is 19.1 Å². The number of nitrogens with two attached hydrogens (primary N) is 2. The molecule has 2 aromatic rings. The number of carbonyl (C=O) groups is 4. The van der Waals surface area contributed by atoms with Crippen molar-refractivity contribution in [2.24, 2.45) is 29.2 Å². The van der Waals surface area contributed by atoms with E-state index >= 15 is 0 Å². The van der Waals surface area contributed by atoms with E-state index in [2.05, 4.69) is 5.32 Å². The zero-order chi connectivity index (χ0) is 29.9. The lowest BCUT2D eigenvalue weighted by Gasteiger charge is -2.48. The number of hydrogen-bond donors (Lipinski definition) is 7. The Morgan fingerprint density at radius 3 is 2.22 bits per heavy atom. The molecule has 6 atom stereocenters. The third kappa shape index (κ3) is 4.17. The van der Waals surface area contributed by atoms with Gasteiger partial charge in [-0.15, -0.1) is 0 Å². The topological polar surface area (TPSA) is 232 Å². The van der Waals surface area contributed by atoms with Crippen LogP contribution in [0.25, 0.3) is 0 Å².